The zero-order chi connectivity index (χ0) is 20.5. The summed E-state index contributed by atoms with van der Waals surface area (Å²) in [7, 11) is 1.44. The quantitative estimate of drug-likeness (QED) is 0.530. The van der Waals surface area contributed by atoms with E-state index in [9.17, 15) is 19.2 Å². The van der Waals surface area contributed by atoms with Gasteiger partial charge in [-0.2, -0.15) is 0 Å². The zero-order valence-corrected chi connectivity index (χ0v) is 15.5. The van der Waals surface area contributed by atoms with Crippen LogP contribution in [0.15, 0.2) is 48.5 Å². The fraction of sp³-hybridized carbons (Fsp3) is 0.200. The SMILES string of the molecule is COc1ccccc1C(=O)NCC(=O)OCC(=O)Nc1cccc(C(C)=O)c1. The fourth-order valence-electron chi connectivity index (χ4n) is 2.29. The average Bonchev–Trinajstić information content (AvgIpc) is 2.70. The van der Waals surface area contributed by atoms with Crippen LogP contribution in [0.4, 0.5) is 5.69 Å². The minimum atomic E-state index is -0.768. The van der Waals surface area contributed by atoms with Gasteiger partial charge in [-0.25, -0.2) is 0 Å². The molecule has 2 N–H and O–H groups in total. The van der Waals surface area contributed by atoms with Gasteiger partial charge in [0.2, 0.25) is 0 Å². The number of carbonyl (C=O) groups is 4. The minimum Gasteiger partial charge on any atom is -0.496 e. The monoisotopic (exact) mass is 384 g/mol. The molecule has 28 heavy (non-hydrogen) atoms. The average molecular weight is 384 g/mol. The van der Waals surface area contributed by atoms with Gasteiger partial charge in [-0.3, -0.25) is 19.2 Å². The van der Waals surface area contributed by atoms with E-state index in [4.69, 9.17) is 9.47 Å². The van der Waals surface area contributed by atoms with Crippen molar-refractivity contribution in [2.45, 2.75) is 6.92 Å². The number of nitrogens with one attached hydrogen (secondary N) is 2. The van der Waals surface area contributed by atoms with Crippen molar-refractivity contribution >= 4 is 29.3 Å². The Labute approximate surface area is 161 Å². The molecule has 0 saturated carbocycles. The molecule has 0 heterocycles. The van der Waals surface area contributed by atoms with Crippen molar-refractivity contribution in [1.29, 1.82) is 0 Å². The lowest BCUT2D eigenvalue weighted by Gasteiger charge is -2.09. The Bertz CT molecular complexity index is 894. The number of Topliss-reactive ketones (excluding diaryl/α,β-unsaturated/α-hetero) is 1. The predicted octanol–water partition coefficient (Wildman–Crippen LogP) is 1.81. The first kappa shape index (κ1) is 20.6. The van der Waals surface area contributed by atoms with Gasteiger partial charge in [-0.05, 0) is 31.2 Å². The molecule has 8 heteroatoms. The van der Waals surface area contributed by atoms with E-state index in [1.807, 2.05) is 0 Å². The van der Waals surface area contributed by atoms with Crippen molar-refractivity contribution in [3.8, 4) is 5.75 Å². The maximum Gasteiger partial charge on any atom is 0.325 e. The normalized spacial score (nSPS) is 9.93. The second kappa shape index (κ2) is 9.86. The number of rotatable bonds is 8. The minimum absolute atomic E-state index is 0.131. The number of benzene rings is 2. The van der Waals surface area contributed by atoms with Crippen molar-refractivity contribution < 1.29 is 28.7 Å². The Morgan fingerprint density at radius 3 is 2.46 bits per heavy atom. The number of carbonyl (C=O) groups excluding carboxylic acids is 4. The maximum atomic E-state index is 12.1. The molecule has 2 rings (SSSR count). The molecule has 2 amide bonds. The lowest BCUT2D eigenvalue weighted by atomic mass is 10.1. The second-order valence-corrected chi connectivity index (χ2v) is 5.73. The van der Waals surface area contributed by atoms with Crippen molar-refractivity contribution in [1.82, 2.24) is 5.32 Å². The Hall–Kier alpha value is -3.68. The van der Waals surface area contributed by atoms with E-state index >= 15 is 0 Å². The molecule has 146 valence electrons. The number of esters is 1. The van der Waals surface area contributed by atoms with Crippen LogP contribution < -0.4 is 15.4 Å². The molecule has 0 fully saturated rings. The molecule has 0 aliphatic carbocycles. The molecule has 0 aromatic heterocycles. The molecule has 0 aliphatic rings. The molecule has 0 radical (unpaired) electrons. The van der Waals surface area contributed by atoms with Crippen LogP contribution in [0.5, 0.6) is 5.75 Å². The predicted molar refractivity (Wildman–Crippen MR) is 101 cm³/mol. The number of hydrogen-bond donors (Lipinski definition) is 2. The highest BCUT2D eigenvalue weighted by Gasteiger charge is 2.14. The lowest BCUT2D eigenvalue weighted by Crippen LogP contribution is -2.32. The van der Waals surface area contributed by atoms with Gasteiger partial charge in [-0.15, -0.1) is 0 Å². The molecule has 0 unspecified atom stereocenters. The van der Waals surface area contributed by atoms with Gasteiger partial charge in [-0.1, -0.05) is 24.3 Å². The van der Waals surface area contributed by atoms with Crippen molar-refractivity contribution in [2.24, 2.45) is 0 Å². The summed E-state index contributed by atoms with van der Waals surface area (Å²) in [6.45, 7) is 0.500. The molecular weight excluding hydrogens is 364 g/mol. The molecule has 2 aromatic carbocycles. The second-order valence-electron chi connectivity index (χ2n) is 5.73. The fourth-order valence-corrected chi connectivity index (χ4v) is 2.29. The van der Waals surface area contributed by atoms with Crippen LogP contribution in [0.2, 0.25) is 0 Å². The summed E-state index contributed by atoms with van der Waals surface area (Å²) in [5.41, 5.74) is 1.15. The van der Waals surface area contributed by atoms with Crippen LogP contribution in [-0.2, 0) is 14.3 Å². The molecule has 0 spiro atoms. The van der Waals surface area contributed by atoms with Crippen molar-refractivity contribution in [3.05, 3.63) is 59.7 Å². The van der Waals surface area contributed by atoms with Crippen LogP contribution in [0.3, 0.4) is 0 Å². The van der Waals surface area contributed by atoms with Gasteiger partial charge in [0.25, 0.3) is 11.8 Å². The van der Waals surface area contributed by atoms with E-state index in [2.05, 4.69) is 10.6 Å². The molecule has 0 atom stereocenters. The van der Waals surface area contributed by atoms with Gasteiger partial charge in [0.15, 0.2) is 12.4 Å². The number of amides is 2. The number of methoxy groups -OCH3 is 1. The van der Waals surface area contributed by atoms with E-state index in [1.165, 1.54) is 20.1 Å². The van der Waals surface area contributed by atoms with Crippen molar-refractivity contribution in [3.63, 3.8) is 0 Å². The Morgan fingerprint density at radius 2 is 1.75 bits per heavy atom. The molecule has 0 bridgehead atoms. The lowest BCUT2D eigenvalue weighted by molar-refractivity contribution is -0.146. The van der Waals surface area contributed by atoms with Gasteiger partial charge in [0.1, 0.15) is 12.3 Å². The smallest absolute Gasteiger partial charge is 0.325 e. The molecule has 2 aromatic rings. The molecule has 0 saturated heterocycles. The van der Waals surface area contributed by atoms with Crippen molar-refractivity contribution in [2.75, 3.05) is 25.6 Å². The molecular formula is C20H20N2O6. The summed E-state index contributed by atoms with van der Waals surface area (Å²) in [5.74, 6) is -1.59. The highest BCUT2D eigenvalue weighted by atomic mass is 16.5. The summed E-state index contributed by atoms with van der Waals surface area (Å²) in [5, 5.41) is 4.93. The Morgan fingerprint density at radius 1 is 1.00 bits per heavy atom. The van der Waals surface area contributed by atoms with Gasteiger partial charge < -0.3 is 20.1 Å². The Balaban J connectivity index is 1.79. The summed E-state index contributed by atoms with van der Waals surface area (Å²) in [6, 6.07) is 13.0. The summed E-state index contributed by atoms with van der Waals surface area (Å²) in [4.78, 5) is 47.0. The summed E-state index contributed by atoms with van der Waals surface area (Å²) >= 11 is 0. The first-order valence-corrected chi connectivity index (χ1v) is 8.38. The largest absolute Gasteiger partial charge is 0.496 e. The number of ketones is 1. The van der Waals surface area contributed by atoms with Crippen LogP contribution in [-0.4, -0.2) is 43.8 Å². The first-order chi connectivity index (χ1) is 13.4. The van der Waals surface area contributed by atoms with Crippen LogP contribution >= 0.6 is 0 Å². The Kier molecular flexibility index (Phi) is 7.27. The van der Waals surface area contributed by atoms with E-state index in [0.717, 1.165) is 0 Å². The summed E-state index contributed by atoms with van der Waals surface area (Å²) < 4.78 is 9.91. The van der Waals surface area contributed by atoms with Gasteiger partial charge in [0.05, 0.1) is 12.7 Å². The first-order valence-electron chi connectivity index (χ1n) is 8.38. The topological polar surface area (TPSA) is 111 Å². The van der Waals surface area contributed by atoms with E-state index in [-0.39, 0.29) is 11.3 Å². The van der Waals surface area contributed by atoms with Crippen LogP contribution in [0.1, 0.15) is 27.6 Å². The maximum absolute atomic E-state index is 12.1. The third kappa shape index (κ3) is 5.94. The number of ether oxygens (including phenoxy) is 2. The zero-order valence-electron chi connectivity index (χ0n) is 15.5. The van der Waals surface area contributed by atoms with Gasteiger partial charge >= 0.3 is 5.97 Å². The highest BCUT2D eigenvalue weighted by molar-refractivity contribution is 5.99. The molecule has 0 aliphatic heterocycles. The summed E-state index contributed by atoms with van der Waals surface area (Å²) in [6.07, 6.45) is 0. The van der Waals surface area contributed by atoms with Crippen LogP contribution in [0, 0.1) is 0 Å². The van der Waals surface area contributed by atoms with Crippen LogP contribution in [0.25, 0.3) is 0 Å². The van der Waals surface area contributed by atoms with Gasteiger partial charge in [0, 0.05) is 11.3 Å². The number of hydrogen-bond acceptors (Lipinski definition) is 6. The third-order valence-corrected chi connectivity index (χ3v) is 3.66. The number of para-hydroxylation sites is 1. The standard InChI is InChI=1S/C20H20N2O6/c1-13(23)14-6-5-7-15(10-14)22-18(24)12-28-19(25)11-21-20(26)16-8-3-4-9-17(16)27-2/h3-10H,11-12H2,1-2H3,(H,21,26)(H,22,24). The van der Waals surface area contributed by atoms with E-state index in [1.54, 1.807) is 42.5 Å². The van der Waals surface area contributed by atoms with E-state index < -0.39 is 30.9 Å². The van der Waals surface area contributed by atoms with E-state index in [0.29, 0.717) is 17.0 Å². The number of anilines is 1. The highest BCUT2D eigenvalue weighted by Crippen LogP contribution is 2.16. The third-order valence-electron chi connectivity index (χ3n) is 3.66. The molecule has 8 nitrogen and oxygen atoms in total.